The fourth-order valence-electron chi connectivity index (χ4n) is 7.03. The van der Waals surface area contributed by atoms with Gasteiger partial charge in [0.05, 0.1) is 41.1 Å². The van der Waals surface area contributed by atoms with Crippen LogP contribution >= 0.6 is 0 Å². The average molecular weight is 702 g/mol. The molecule has 51 heavy (non-hydrogen) atoms. The third-order valence-electron chi connectivity index (χ3n) is 9.44. The van der Waals surface area contributed by atoms with Crippen molar-refractivity contribution in [1.29, 1.82) is 0 Å². The van der Waals surface area contributed by atoms with Gasteiger partial charge < -0.3 is 10.1 Å². The molecule has 3 atom stereocenters. The lowest BCUT2D eigenvalue weighted by Gasteiger charge is -2.44. The average Bonchev–Trinajstić information content (AvgIpc) is 3.67. The number of anilines is 1. The first-order valence-corrected chi connectivity index (χ1v) is 18.0. The Bertz CT molecular complexity index is 2640. The summed E-state index contributed by atoms with van der Waals surface area (Å²) in [6.07, 6.45) is 8.29. The number of fused-ring (bicyclic) bond motifs is 1. The highest BCUT2D eigenvalue weighted by molar-refractivity contribution is 7.90. The molecular formula is C36H31N9O5S. The lowest BCUT2D eigenvalue weighted by molar-refractivity contribution is -0.135. The minimum atomic E-state index is -4.03. The Morgan fingerprint density at radius 3 is 2.61 bits per heavy atom. The van der Waals surface area contributed by atoms with Crippen molar-refractivity contribution < 1.29 is 17.9 Å². The first-order valence-electron chi connectivity index (χ1n) is 16.6. The van der Waals surface area contributed by atoms with Gasteiger partial charge in [-0.05, 0) is 49.6 Å². The van der Waals surface area contributed by atoms with E-state index in [4.69, 9.17) is 4.74 Å². The first-order chi connectivity index (χ1) is 24.6. The van der Waals surface area contributed by atoms with E-state index in [1.165, 1.54) is 10.7 Å². The Labute approximate surface area is 291 Å². The van der Waals surface area contributed by atoms with Gasteiger partial charge in [0.25, 0.3) is 11.5 Å². The highest BCUT2D eigenvalue weighted by Crippen LogP contribution is 2.55. The molecule has 2 aromatic carbocycles. The number of para-hydroxylation sites is 1. The highest BCUT2D eigenvalue weighted by atomic mass is 32.2. The molecule has 4 aliphatic rings. The smallest absolute Gasteiger partial charge is 0.300 e. The summed E-state index contributed by atoms with van der Waals surface area (Å²) in [7, 11) is -2.21. The van der Waals surface area contributed by atoms with Crippen molar-refractivity contribution in [1.82, 2.24) is 39.0 Å². The minimum absolute atomic E-state index is 0.0553. The van der Waals surface area contributed by atoms with E-state index in [0.29, 0.717) is 22.3 Å². The number of rotatable bonds is 8. The molecular weight excluding hydrogens is 671 g/mol. The molecule has 10 rings (SSSR count). The van der Waals surface area contributed by atoms with Gasteiger partial charge in [-0.3, -0.25) is 23.6 Å². The van der Waals surface area contributed by atoms with E-state index in [1.807, 2.05) is 55.7 Å². The zero-order chi connectivity index (χ0) is 35.0. The van der Waals surface area contributed by atoms with Gasteiger partial charge in [-0.15, -0.1) is 5.10 Å². The number of hydrogen-bond acceptors (Lipinski definition) is 8. The lowest BCUT2D eigenvalue weighted by Crippen LogP contribution is -2.39. The Kier molecular flexibility index (Phi) is 7.11. The van der Waals surface area contributed by atoms with E-state index in [0.717, 1.165) is 41.3 Å². The summed E-state index contributed by atoms with van der Waals surface area (Å²) >= 11 is 0. The highest BCUT2D eigenvalue weighted by Gasteiger charge is 2.44. The topological polar surface area (TPSA) is 167 Å². The van der Waals surface area contributed by atoms with Crippen LogP contribution in [0.5, 0.6) is 0 Å². The summed E-state index contributed by atoms with van der Waals surface area (Å²) < 4.78 is 41.9. The van der Waals surface area contributed by atoms with Gasteiger partial charge in [-0.25, -0.2) is 9.50 Å². The van der Waals surface area contributed by atoms with Gasteiger partial charge in [0.15, 0.2) is 11.5 Å². The number of nitrogens with zero attached hydrogens (tertiary/aromatic N) is 6. The second-order valence-electron chi connectivity index (χ2n) is 13.0. The van der Waals surface area contributed by atoms with E-state index in [-0.39, 0.29) is 40.8 Å². The number of carbonyl (C=O) groups excluding carboxylic acids is 1. The predicted octanol–water partition coefficient (Wildman–Crippen LogP) is 3.58. The predicted molar refractivity (Wildman–Crippen MR) is 187 cm³/mol. The molecule has 2 aliphatic heterocycles. The molecule has 14 nitrogen and oxygen atoms in total. The molecule has 2 aliphatic carbocycles. The minimum Gasteiger partial charge on any atom is -0.365 e. The summed E-state index contributed by atoms with van der Waals surface area (Å²) in [4.78, 5) is 33.5. The normalized spacial score (nSPS) is 18.2. The monoisotopic (exact) mass is 701 g/mol. The van der Waals surface area contributed by atoms with Crippen LogP contribution in [0.1, 0.15) is 82.7 Å². The van der Waals surface area contributed by atoms with Crippen LogP contribution in [0.2, 0.25) is 0 Å². The van der Waals surface area contributed by atoms with Crippen LogP contribution in [-0.4, -0.2) is 49.3 Å². The van der Waals surface area contributed by atoms with Crippen LogP contribution in [-0.2, 0) is 22.0 Å². The summed E-state index contributed by atoms with van der Waals surface area (Å²) in [5.74, 6) is 5.58. The second-order valence-corrected chi connectivity index (χ2v) is 14.5. The molecule has 2 fully saturated rings. The quantitative estimate of drug-likeness (QED) is 0.203. The Balaban J connectivity index is 1.20. The van der Waals surface area contributed by atoms with Crippen molar-refractivity contribution in [2.75, 3.05) is 4.72 Å². The molecule has 0 spiro atoms. The number of benzene rings is 2. The number of hydrogen-bond donors (Lipinski definition) is 3. The summed E-state index contributed by atoms with van der Waals surface area (Å²) in [6, 6.07) is 13.8. The molecule has 3 N–H and O–H groups in total. The number of aryl methyl sites for hydroxylation is 1. The van der Waals surface area contributed by atoms with Gasteiger partial charge in [-0.1, -0.05) is 36.1 Å². The van der Waals surface area contributed by atoms with E-state index in [2.05, 4.69) is 41.8 Å². The third kappa shape index (κ3) is 5.35. The molecule has 2 bridgehead atoms. The number of aromatic nitrogens is 6. The summed E-state index contributed by atoms with van der Waals surface area (Å²) in [5, 5.41) is 12.9. The molecule has 1 saturated heterocycles. The van der Waals surface area contributed by atoms with E-state index >= 15 is 0 Å². The second kappa shape index (κ2) is 11.6. The SMILES string of the molecule is C[C@@H](NC(=O)c1c(NS(=O)(=O)NC2CC2)nn2cccnc12)c1c2c3c(ccc(C#Cc4cnn(C)c4)c3c(=O)n1-c1ccccc1)C1CC2O1. The van der Waals surface area contributed by atoms with E-state index in [9.17, 15) is 18.0 Å². The molecule has 2 unspecified atom stereocenters. The summed E-state index contributed by atoms with van der Waals surface area (Å²) in [6.45, 7) is 1.79. The first kappa shape index (κ1) is 31.2. The lowest BCUT2D eigenvalue weighted by atomic mass is 9.78. The van der Waals surface area contributed by atoms with Crippen molar-refractivity contribution in [3.05, 3.63) is 117 Å². The summed E-state index contributed by atoms with van der Waals surface area (Å²) in [5.41, 5.74) is 3.98. The molecule has 6 heterocycles. The van der Waals surface area contributed by atoms with E-state index < -0.39 is 22.2 Å². The number of nitrogens with one attached hydrogen (secondary N) is 3. The molecule has 4 aromatic heterocycles. The fourth-order valence-corrected chi connectivity index (χ4v) is 8.17. The zero-order valence-corrected chi connectivity index (χ0v) is 28.3. The van der Waals surface area contributed by atoms with E-state index in [1.54, 1.807) is 34.6 Å². The molecule has 1 saturated carbocycles. The molecule has 15 heteroatoms. The Hall–Kier alpha value is -5.82. The fraction of sp³-hybridized carbons (Fsp3) is 0.250. The maximum absolute atomic E-state index is 14.9. The van der Waals surface area contributed by atoms with Crippen LogP contribution < -0.4 is 20.3 Å². The number of pyridine rings is 1. The Morgan fingerprint density at radius 2 is 1.86 bits per heavy atom. The van der Waals surface area contributed by atoms with Crippen LogP contribution in [0.4, 0.5) is 5.82 Å². The van der Waals surface area contributed by atoms with Crippen molar-refractivity contribution in [3.63, 3.8) is 0 Å². The number of carbonyl (C=O) groups is 1. The number of amides is 1. The largest absolute Gasteiger partial charge is 0.365 e. The van der Waals surface area contributed by atoms with Crippen LogP contribution in [0.3, 0.4) is 0 Å². The maximum Gasteiger partial charge on any atom is 0.300 e. The van der Waals surface area contributed by atoms with Gasteiger partial charge in [-0.2, -0.15) is 18.2 Å². The number of ether oxygens (including phenoxy) is 1. The van der Waals surface area contributed by atoms with Gasteiger partial charge in [0.2, 0.25) is 0 Å². The Morgan fingerprint density at radius 1 is 1.06 bits per heavy atom. The van der Waals surface area contributed by atoms with Crippen molar-refractivity contribution in [2.45, 2.75) is 50.5 Å². The van der Waals surface area contributed by atoms with Crippen molar-refractivity contribution in [2.24, 2.45) is 7.05 Å². The molecule has 256 valence electrons. The van der Waals surface area contributed by atoms with Crippen LogP contribution in [0.25, 0.3) is 22.1 Å². The zero-order valence-electron chi connectivity index (χ0n) is 27.5. The molecule has 0 radical (unpaired) electrons. The third-order valence-corrected chi connectivity index (χ3v) is 10.5. The van der Waals surface area contributed by atoms with Gasteiger partial charge in [0.1, 0.15) is 5.56 Å². The van der Waals surface area contributed by atoms with Crippen LogP contribution in [0, 0.1) is 11.8 Å². The molecule has 1 amide bonds. The standard InChI is InChI=1S/C36H31N9O5S/c1-20(39-35(46)31-33(40-44-16-6-15-37-34(31)44)42-51(48,49)41-23-12-13-23)32-30-27-17-26(50-27)25-14-11-22(10-9-21-18-38-43(2)19-21)28(29(25)30)36(47)45(32)24-7-4-3-5-8-24/h3-8,11,14-16,18-20,23,26-27,41H,12-13,17H2,1-2H3,(H,39,46)(H,40,42)/t20-,26?,27?/m1/s1. The van der Waals surface area contributed by atoms with Gasteiger partial charge in [0, 0.05) is 60.3 Å². The maximum atomic E-state index is 14.9. The van der Waals surface area contributed by atoms with Crippen molar-refractivity contribution >= 4 is 38.4 Å². The van der Waals surface area contributed by atoms with Gasteiger partial charge >= 0.3 is 10.2 Å². The molecule has 6 aromatic rings. The van der Waals surface area contributed by atoms with Crippen molar-refractivity contribution in [3.8, 4) is 17.5 Å². The van der Waals surface area contributed by atoms with Crippen LogP contribution in [0.15, 0.2) is 78.1 Å².